The number of ether oxygens (including phenoxy) is 1. The number of likely N-dealkylation sites (N-methyl/N-ethyl adjacent to an activating group) is 1. The van der Waals surface area contributed by atoms with Crippen molar-refractivity contribution in [1.29, 1.82) is 0 Å². The minimum Gasteiger partial charge on any atom is -0.456 e. The molecule has 1 amide bonds. The lowest BCUT2D eigenvalue weighted by atomic mass is 10.0. The lowest BCUT2D eigenvalue weighted by Crippen LogP contribution is -2.47. The number of nitrogens with zero attached hydrogens (tertiary/aromatic N) is 1. The number of esters is 1. The Balaban J connectivity index is 5.06. The number of phosphoric acid groups is 1. The summed E-state index contributed by atoms with van der Waals surface area (Å²) in [7, 11) is 1.48. The fourth-order valence-corrected chi connectivity index (χ4v) is 10.6. The highest BCUT2D eigenvalue weighted by molar-refractivity contribution is 7.47. The molecule has 0 aromatic heterocycles. The van der Waals surface area contributed by atoms with E-state index in [-0.39, 0.29) is 31.5 Å². The van der Waals surface area contributed by atoms with Crippen LogP contribution in [0.1, 0.15) is 303 Å². The molecule has 0 aliphatic rings. The first-order chi connectivity index (χ1) is 42.4. The Labute approximate surface area is 537 Å². The van der Waals surface area contributed by atoms with Gasteiger partial charge >= 0.3 is 13.8 Å². The molecule has 2 N–H and O–H groups in total. The van der Waals surface area contributed by atoms with Gasteiger partial charge in [-0.3, -0.25) is 18.6 Å². The quantitative estimate of drug-likeness (QED) is 0.0205. The van der Waals surface area contributed by atoms with Gasteiger partial charge in [0.05, 0.1) is 33.8 Å². The monoisotopic (exact) mass is 1230 g/mol. The van der Waals surface area contributed by atoms with Crippen molar-refractivity contribution in [3.8, 4) is 0 Å². The lowest BCUT2D eigenvalue weighted by molar-refractivity contribution is -0.870. The Morgan fingerprint density at radius 3 is 1.13 bits per heavy atom. The summed E-state index contributed by atoms with van der Waals surface area (Å²) in [5.74, 6) is -0.521. The number of quaternary nitrogens is 1. The number of nitrogens with one attached hydrogen (secondary N) is 1. The van der Waals surface area contributed by atoms with Crippen molar-refractivity contribution < 1.29 is 37.3 Å². The number of rotatable bonds is 64. The average molecular weight is 1230 g/mol. The predicted octanol–water partition coefficient (Wildman–Crippen LogP) is 23.0. The van der Waals surface area contributed by atoms with E-state index in [1.807, 2.05) is 33.3 Å². The van der Waals surface area contributed by atoms with Crippen molar-refractivity contribution in [3.63, 3.8) is 0 Å². The molecular weight excluding hydrogens is 1100 g/mol. The predicted molar refractivity (Wildman–Crippen MR) is 378 cm³/mol. The SMILES string of the molecule is CC/C=C\C/C=C\C/C=C\C/C=C\C/C=C\C/C=C\CCCCCCCCCCC(=O)OC(/C=C/CCCCCCCCCCC)C(COP(=O)(O)OCC[N+](C)(C)C)NC(=O)CCCCCCCCCCCC/C=C\C/C=C\C/C=C\CCCCC. The number of unbranched alkanes of at least 4 members (excludes halogenated alkanes) is 30. The summed E-state index contributed by atoms with van der Waals surface area (Å²) in [6, 6.07) is -0.863. The molecule has 500 valence electrons. The second-order valence-electron chi connectivity index (χ2n) is 25.0. The van der Waals surface area contributed by atoms with Crippen LogP contribution >= 0.6 is 7.82 Å². The van der Waals surface area contributed by atoms with Gasteiger partial charge in [0.2, 0.25) is 5.91 Å². The van der Waals surface area contributed by atoms with Crippen LogP contribution in [0.5, 0.6) is 0 Å². The number of carbonyl (C=O) groups excluding carboxylic acids is 2. The Morgan fingerprint density at radius 2 is 0.736 bits per heavy atom. The second kappa shape index (κ2) is 65.4. The molecule has 87 heavy (non-hydrogen) atoms. The van der Waals surface area contributed by atoms with Crippen LogP contribution in [0.15, 0.2) is 122 Å². The van der Waals surface area contributed by atoms with E-state index in [0.717, 1.165) is 135 Å². The Hall–Kier alpha value is -3.59. The third-order valence-electron chi connectivity index (χ3n) is 15.4. The average Bonchev–Trinajstić information content (AvgIpc) is 3.70. The number of carbonyl (C=O) groups is 2. The Morgan fingerprint density at radius 1 is 0.414 bits per heavy atom. The number of amides is 1. The molecule has 10 heteroatoms. The third-order valence-corrected chi connectivity index (χ3v) is 16.4. The highest BCUT2D eigenvalue weighted by atomic mass is 31.2. The highest BCUT2D eigenvalue weighted by Gasteiger charge is 2.30. The summed E-state index contributed by atoms with van der Waals surface area (Å²) in [4.78, 5) is 37.9. The molecule has 0 rings (SSSR count). The van der Waals surface area contributed by atoms with Crippen LogP contribution in [0.3, 0.4) is 0 Å². The molecule has 0 spiro atoms. The van der Waals surface area contributed by atoms with Gasteiger partial charge < -0.3 is 19.4 Å². The molecule has 0 radical (unpaired) electrons. The highest BCUT2D eigenvalue weighted by Crippen LogP contribution is 2.43. The van der Waals surface area contributed by atoms with Gasteiger partial charge in [0, 0.05) is 12.8 Å². The van der Waals surface area contributed by atoms with Gasteiger partial charge in [-0.15, -0.1) is 0 Å². The summed E-state index contributed by atoms with van der Waals surface area (Å²) >= 11 is 0. The fourth-order valence-electron chi connectivity index (χ4n) is 9.89. The van der Waals surface area contributed by atoms with E-state index in [1.165, 1.54) is 135 Å². The molecule has 0 saturated heterocycles. The number of hydrogen-bond donors (Lipinski definition) is 2. The van der Waals surface area contributed by atoms with E-state index in [1.54, 1.807) is 0 Å². The first-order valence-corrected chi connectivity index (χ1v) is 37.4. The molecular formula is C77H136N2O7P+. The van der Waals surface area contributed by atoms with Crippen LogP contribution in [-0.2, 0) is 27.9 Å². The topological polar surface area (TPSA) is 111 Å². The summed E-state index contributed by atoms with van der Waals surface area (Å²) < 4.78 is 30.8. The molecule has 3 atom stereocenters. The zero-order chi connectivity index (χ0) is 63.5. The molecule has 0 aromatic carbocycles. The van der Waals surface area contributed by atoms with Gasteiger partial charge in [0.1, 0.15) is 19.3 Å². The Kier molecular flexibility index (Phi) is 62.7. The van der Waals surface area contributed by atoms with Crippen LogP contribution in [0.25, 0.3) is 0 Å². The molecule has 0 aliphatic heterocycles. The number of phosphoric ester groups is 1. The Bertz CT molecular complexity index is 1900. The van der Waals surface area contributed by atoms with Gasteiger partial charge in [-0.05, 0) is 122 Å². The first-order valence-electron chi connectivity index (χ1n) is 35.9. The van der Waals surface area contributed by atoms with Gasteiger partial charge in [-0.25, -0.2) is 4.57 Å². The molecule has 0 saturated carbocycles. The molecule has 3 unspecified atom stereocenters. The van der Waals surface area contributed by atoms with Crippen LogP contribution in [0.4, 0.5) is 0 Å². The molecule has 0 aromatic rings. The van der Waals surface area contributed by atoms with Crippen molar-refractivity contribution in [3.05, 3.63) is 122 Å². The summed E-state index contributed by atoms with van der Waals surface area (Å²) in [6.45, 7) is 6.87. The van der Waals surface area contributed by atoms with E-state index < -0.39 is 20.0 Å². The molecule has 0 bridgehead atoms. The number of allylic oxidation sites excluding steroid dienone is 19. The maximum atomic E-state index is 13.6. The van der Waals surface area contributed by atoms with E-state index in [0.29, 0.717) is 17.4 Å². The minimum atomic E-state index is -4.46. The first kappa shape index (κ1) is 83.4. The van der Waals surface area contributed by atoms with Crippen LogP contribution < -0.4 is 5.32 Å². The maximum Gasteiger partial charge on any atom is 0.472 e. The van der Waals surface area contributed by atoms with E-state index >= 15 is 0 Å². The third kappa shape index (κ3) is 66.7. The van der Waals surface area contributed by atoms with Crippen molar-refractivity contribution in [1.82, 2.24) is 5.32 Å². The van der Waals surface area contributed by atoms with Crippen molar-refractivity contribution in [2.45, 2.75) is 315 Å². The standard InChI is InChI=1S/C77H135N2O7P/c1-7-10-13-16-19-22-25-27-29-31-33-35-37-38-39-40-42-44-46-48-50-52-55-58-61-64-67-70-77(81)86-75(68-65-62-59-56-53-24-21-18-15-12-9-3)74(73-85-87(82,83)84-72-71-79(4,5)6)78-76(80)69-66-63-60-57-54-51-49-47-45-43-41-36-34-32-30-28-26-23-20-17-14-11-8-2/h10,13,19-20,22-23,27-30,33-36,38-39,42,44,65,68,74-75H,7-9,11-12,14-18,21,24-26,31-32,37,40-41,43,45-64,66-67,69-73H2,1-6H3,(H-,78,80,82,83)/p+1/b13-10-,22-19-,23-20-,29-27-,30-28-,35-33-,36-34-,39-38-,44-42-,68-65+. The zero-order valence-electron chi connectivity index (χ0n) is 57.2. The summed E-state index contributed by atoms with van der Waals surface area (Å²) in [6.07, 6.45) is 92.1. The van der Waals surface area contributed by atoms with Crippen molar-refractivity contribution >= 4 is 19.7 Å². The van der Waals surface area contributed by atoms with Crippen LogP contribution in [0, 0.1) is 0 Å². The van der Waals surface area contributed by atoms with E-state index in [9.17, 15) is 19.0 Å². The number of hydrogen-bond acceptors (Lipinski definition) is 6. The summed E-state index contributed by atoms with van der Waals surface area (Å²) in [5, 5.41) is 3.06. The summed E-state index contributed by atoms with van der Waals surface area (Å²) in [5.41, 5.74) is 0. The molecule has 9 nitrogen and oxygen atoms in total. The van der Waals surface area contributed by atoms with Gasteiger partial charge in [0.25, 0.3) is 0 Å². The molecule has 0 aliphatic carbocycles. The maximum absolute atomic E-state index is 13.6. The largest absolute Gasteiger partial charge is 0.472 e. The lowest BCUT2D eigenvalue weighted by Gasteiger charge is -2.27. The van der Waals surface area contributed by atoms with Gasteiger partial charge in [-0.1, -0.05) is 290 Å². The van der Waals surface area contributed by atoms with Gasteiger partial charge in [-0.2, -0.15) is 0 Å². The van der Waals surface area contributed by atoms with Gasteiger partial charge in [0.15, 0.2) is 0 Å². The fraction of sp³-hybridized carbons (Fsp3) is 0.714. The smallest absolute Gasteiger partial charge is 0.456 e. The van der Waals surface area contributed by atoms with Crippen LogP contribution in [0.2, 0.25) is 0 Å². The molecule has 0 heterocycles. The van der Waals surface area contributed by atoms with Crippen LogP contribution in [-0.4, -0.2) is 74.3 Å². The molecule has 0 fully saturated rings. The normalized spacial score (nSPS) is 14.2. The van der Waals surface area contributed by atoms with E-state index in [4.69, 9.17) is 13.8 Å². The van der Waals surface area contributed by atoms with Crippen molar-refractivity contribution in [2.75, 3.05) is 40.9 Å². The van der Waals surface area contributed by atoms with Crippen molar-refractivity contribution in [2.24, 2.45) is 0 Å². The second-order valence-corrected chi connectivity index (χ2v) is 26.5. The minimum absolute atomic E-state index is 0.0325. The zero-order valence-corrected chi connectivity index (χ0v) is 58.1. The van der Waals surface area contributed by atoms with E-state index in [2.05, 4.69) is 135 Å².